The SMILES string of the molecule is O=C(Cn1ncc2ccccc2c1=O)N[C@H]1CCCC[C@H]1C(F)(F)F. The van der Waals surface area contributed by atoms with E-state index in [0.29, 0.717) is 23.6 Å². The summed E-state index contributed by atoms with van der Waals surface area (Å²) in [6, 6.07) is 5.86. The molecular formula is C17H18F3N3O2. The molecule has 134 valence electrons. The van der Waals surface area contributed by atoms with Crippen molar-refractivity contribution in [1.29, 1.82) is 0 Å². The lowest BCUT2D eigenvalue weighted by Crippen LogP contribution is -2.49. The van der Waals surface area contributed by atoms with Crippen LogP contribution in [0.2, 0.25) is 0 Å². The van der Waals surface area contributed by atoms with E-state index in [0.717, 1.165) is 4.68 Å². The minimum Gasteiger partial charge on any atom is -0.351 e. The average molecular weight is 353 g/mol. The number of rotatable bonds is 3. The molecule has 0 radical (unpaired) electrons. The first-order valence-electron chi connectivity index (χ1n) is 8.17. The summed E-state index contributed by atoms with van der Waals surface area (Å²) in [5, 5.41) is 7.43. The van der Waals surface area contributed by atoms with Crippen molar-refractivity contribution in [3.8, 4) is 0 Å². The highest BCUT2D eigenvalue weighted by atomic mass is 19.4. The molecule has 25 heavy (non-hydrogen) atoms. The lowest BCUT2D eigenvalue weighted by Gasteiger charge is -2.33. The van der Waals surface area contributed by atoms with Crippen molar-refractivity contribution in [2.24, 2.45) is 5.92 Å². The van der Waals surface area contributed by atoms with Crippen LogP contribution in [-0.2, 0) is 11.3 Å². The quantitative estimate of drug-likeness (QED) is 0.923. The zero-order chi connectivity index (χ0) is 18.0. The number of aromatic nitrogens is 2. The Morgan fingerprint density at radius 3 is 2.72 bits per heavy atom. The highest BCUT2D eigenvalue weighted by Gasteiger charge is 2.45. The van der Waals surface area contributed by atoms with Crippen LogP contribution in [-0.4, -0.2) is 27.9 Å². The highest BCUT2D eigenvalue weighted by Crippen LogP contribution is 2.37. The van der Waals surface area contributed by atoms with Gasteiger partial charge in [-0.2, -0.15) is 18.3 Å². The van der Waals surface area contributed by atoms with Crippen LogP contribution in [0.15, 0.2) is 35.3 Å². The summed E-state index contributed by atoms with van der Waals surface area (Å²) in [6.07, 6.45) is -1.42. The van der Waals surface area contributed by atoms with Crippen LogP contribution in [0.3, 0.4) is 0 Å². The normalized spacial score (nSPS) is 21.2. The van der Waals surface area contributed by atoms with Crippen LogP contribution in [0.25, 0.3) is 10.8 Å². The second-order valence-corrected chi connectivity index (χ2v) is 6.30. The van der Waals surface area contributed by atoms with Crippen LogP contribution in [0.5, 0.6) is 0 Å². The Kier molecular flexibility index (Phi) is 4.78. The van der Waals surface area contributed by atoms with Crippen molar-refractivity contribution in [1.82, 2.24) is 15.1 Å². The molecule has 3 rings (SSSR count). The predicted molar refractivity (Wildman–Crippen MR) is 85.9 cm³/mol. The van der Waals surface area contributed by atoms with E-state index >= 15 is 0 Å². The van der Waals surface area contributed by atoms with E-state index in [1.807, 2.05) is 0 Å². The number of nitrogens with zero attached hydrogens (tertiary/aromatic N) is 2. The zero-order valence-electron chi connectivity index (χ0n) is 13.4. The van der Waals surface area contributed by atoms with Crippen LogP contribution < -0.4 is 10.9 Å². The highest BCUT2D eigenvalue weighted by molar-refractivity contribution is 5.81. The molecule has 0 bridgehead atoms. The molecule has 0 aliphatic heterocycles. The largest absolute Gasteiger partial charge is 0.393 e. The summed E-state index contributed by atoms with van der Waals surface area (Å²) in [4.78, 5) is 24.5. The van der Waals surface area contributed by atoms with E-state index < -0.39 is 36.1 Å². The second-order valence-electron chi connectivity index (χ2n) is 6.30. The summed E-state index contributed by atoms with van der Waals surface area (Å²) in [5.41, 5.74) is -0.440. The van der Waals surface area contributed by atoms with E-state index in [1.165, 1.54) is 6.20 Å². The predicted octanol–water partition coefficient (Wildman–Crippen LogP) is 2.63. The number of halogens is 3. The zero-order valence-corrected chi connectivity index (χ0v) is 13.4. The lowest BCUT2D eigenvalue weighted by atomic mass is 9.84. The molecule has 8 heteroatoms. The van der Waals surface area contributed by atoms with Crippen LogP contribution in [0.4, 0.5) is 13.2 Å². The van der Waals surface area contributed by atoms with Gasteiger partial charge in [0.1, 0.15) is 6.54 Å². The molecule has 1 aromatic carbocycles. The van der Waals surface area contributed by atoms with Crippen molar-refractivity contribution < 1.29 is 18.0 Å². The van der Waals surface area contributed by atoms with E-state index in [1.54, 1.807) is 24.3 Å². The number of carbonyl (C=O) groups is 1. The van der Waals surface area contributed by atoms with Crippen molar-refractivity contribution in [2.45, 2.75) is 44.4 Å². The molecule has 0 saturated heterocycles. The molecule has 1 amide bonds. The number of fused-ring (bicyclic) bond motifs is 1. The first kappa shape index (κ1) is 17.4. The van der Waals surface area contributed by atoms with Gasteiger partial charge in [0.05, 0.1) is 17.5 Å². The Bertz CT molecular complexity index is 832. The van der Waals surface area contributed by atoms with Crippen LogP contribution in [0.1, 0.15) is 25.7 Å². The molecule has 1 saturated carbocycles. The Morgan fingerprint density at radius 2 is 1.96 bits per heavy atom. The Morgan fingerprint density at radius 1 is 1.24 bits per heavy atom. The van der Waals surface area contributed by atoms with E-state index in [2.05, 4.69) is 10.4 Å². The van der Waals surface area contributed by atoms with Gasteiger partial charge in [0.25, 0.3) is 5.56 Å². The van der Waals surface area contributed by atoms with Gasteiger partial charge in [0, 0.05) is 11.4 Å². The van der Waals surface area contributed by atoms with E-state index in [-0.39, 0.29) is 12.8 Å². The number of alkyl halides is 3. The second kappa shape index (κ2) is 6.85. The molecule has 1 aliphatic rings. The first-order chi connectivity index (χ1) is 11.9. The molecule has 5 nitrogen and oxygen atoms in total. The number of hydrogen-bond acceptors (Lipinski definition) is 3. The van der Waals surface area contributed by atoms with Gasteiger partial charge < -0.3 is 5.32 Å². The average Bonchev–Trinajstić information content (AvgIpc) is 2.57. The maximum Gasteiger partial charge on any atom is 0.393 e. The number of hydrogen-bond donors (Lipinski definition) is 1. The Hall–Kier alpha value is -2.38. The van der Waals surface area contributed by atoms with Crippen molar-refractivity contribution in [3.05, 3.63) is 40.8 Å². The Balaban J connectivity index is 1.74. The van der Waals surface area contributed by atoms with Gasteiger partial charge in [-0.25, -0.2) is 4.68 Å². The molecule has 2 aromatic rings. The summed E-state index contributed by atoms with van der Waals surface area (Å²) in [5.74, 6) is -2.17. The fraction of sp³-hybridized carbons (Fsp3) is 0.471. The maximum atomic E-state index is 13.1. The molecule has 0 spiro atoms. The number of benzene rings is 1. The van der Waals surface area contributed by atoms with Gasteiger partial charge in [-0.05, 0) is 18.9 Å². The summed E-state index contributed by atoms with van der Waals surface area (Å²) in [7, 11) is 0. The van der Waals surface area contributed by atoms with Crippen molar-refractivity contribution in [2.75, 3.05) is 0 Å². The molecule has 2 atom stereocenters. The van der Waals surface area contributed by atoms with Crippen molar-refractivity contribution >= 4 is 16.7 Å². The molecule has 1 aromatic heterocycles. The van der Waals surface area contributed by atoms with Gasteiger partial charge in [-0.3, -0.25) is 9.59 Å². The summed E-state index contributed by atoms with van der Waals surface area (Å²) >= 11 is 0. The molecule has 1 N–H and O–H groups in total. The third-order valence-electron chi connectivity index (χ3n) is 4.59. The van der Waals surface area contributed by atoms with Gasteiger partial charge in [-0.1, -0.05) is 31.0 Å². The molecule has 1 fully saturated rings. The lowest BCUT2D eigenvalue weighted by molar-refractivity contribution is -0.189. The number of nitrogens with one attached hydrogen (secondary N) is 1. The topological polar surface area (TPSA) is 64.0 Å². The number of carbonyl (C=O) groups excluding carboxylic acids is 1. The maximum absolute atomic E-state index is 13.1. The minimum absolute atomic E-state index is 0.0165. The summed E-state index contributed by atoms with van der Waals surface area (Å²) in [6.45, 7) is -0.398. The van der Waals surface area contributed by atoms with Gasteiger partial charge >= 0.3 is 6.18 Å². The third-order valence-corrected chi connectivity index (χ3v) is 4.59. The monoisotopic (exact) mass is 353 g/mol. The van der Waals surface area contributed by atoms with Gasteiger partial charge in [0.2, 0.25) is 5.91 Å². The minimum atomic E-state index is -4.34. The van der Waals surface area contributed by atoms with Gasteiger partial charge in [0.15, 0.2) is 0 Å². The molecule has 1 heterocycles. The smallest absolute Gasteiger partial charge is 0.351 e. The number of amides is 1. The standard InChI is InChI=1S/C17H18F3N3O2/c18-17(19,20)13-7-3-4-8-14(13)22-15(24)10-23-16(25)12-6-2-1-5-11(12)9-21-23/h1-2,5-6,9,13-14H,3-4,7-8,10H2,(H,22,24)/t13-,14+/m1/s1. The van der Waals surface area contributed by atoms with Gasteiger partial charge in [-0.15, -0.1) is 0 Å². The van der Waals surface area contributed by atoms with Crippen molar-refractivity contribution in [3.63, 3.8) is 0 Å². The molecular weight excluding hydrogens is 335 g/mol. The molecule has 1 aliphatic carbocycles. The van der Waals surface area contributed by atoms with Crippen LogP contribution in [0, 0.1) is 5.92 Å². The summed E-state index contributed by atoms with van der Waals surface area (Å²) < 4.78 is 40.2. The Labute approximate surface area is 141 Å². The van der Waals surface area contributed by atoms with E-state index in [4.69, 9.17) is 0 Å². The van der Waals surface area contributed by atoms with E-state index in [9.17, 15) is 22.8 Å². The fourth-order valence-electron chi connectivity index (χ4n) is 3.32. The third kappa shape index (κ3) is 3.83. The fourth-order valence-corrected chi connectivity index (χ4v) is 3.32. The van der Waals surface area contributed by atoms with Crippen LogP contribution >= 0.6 is 0 Å². The first-order valence-corrected chi connectivity index (χ1v) is 8.17. The molecule has 0 unspecified atom stereocenters.